The van der Waals surface area contributed by atoms with Crippen LogP contribution in [0.15, 0.2) is 0 Å². The van der Waals surface area contributed by atoms with Gasteiger partial charge in [0.1, 0.15) is 0 Å². The third kappa shape index (κ3) is 2.89. The molecule has 4 unspecified atom stereocenters. The summed E-state index contributed by atoms with van der Waals surface area (Å²) in [6.45, 7) is 10.6. The molecule has 8 saturated carbocycles. The summed E-state index contributed by atoms with van der Waals surface area (Å²) < 4.78 is 0. The number of hydrogen-bond acceptors (Lipinski definition) is 0. The van der Waals surface area contributed by atoms with E-state index in [1.807, 2.05) is 0 Å². The SMILES string of the molecule is CC12CC3CC(C)(C1)CC(CCCCC14CC5CC(C)(CC(C)(C5)C1)C4)(C3)C2. The fourth-order valence-corrected chi connectivity index (χ4v) is 12.9. The molecule has 0 aliphatic heterocycles. The predicted molar refractivity (Wildman–Crippen MR) is 118 cm³/mol. The molecule has 8 aliphatic carbocycles. The van der Waals surface area contributed by atoms with Crippen molar-refractivity contribution in [2.75, 3.05) is 0 Å². The molecule has 0 aromatic rings. The van der Waals surface area contributed by atoms with E-state index in [2.05, 4.69) is 27.7 Å². The number of hydrogen-bond donors (Lipinski definition) is 0. The predicted octanol–water partition coefficient (Wildman–Crippen LogP) is 8.54. The molecule has 0 heteroatoms. The second-order valence-electron chi connectivity index (χ2n) is 15.5. The molecule has 0 nitrogen and oxygen atoms in total. The summed E-state index contributed by atoms with van der Waals surface area (Å²) in [5.74, 6) is 2.16. The van der Waals surface area contributed by atoms with Gasteiger partial charge >= 0.3 is 0 Å². The largest absolute Gasteiger partial charge is 0.0596 e. The average molecular weight is 383 g/mol. The first-order chi connectivity index (χ1) is 13.0. The summed E-state index contributed by atoms with van der Waals surface area (Å²) in [7, 11) is 0. The minimum atomic E-state index is 0.706. The molecule has 0 radical (unpaired) electrons. The van der Waals surface area contributed by atoms with E-state index in [4.69, 9.17) is 0 Å². The van der Waals surface area contributed by atoms with Crippen LogP contribution in [0.25, 0.3) is 0 Å². The van der Waals surface area contributed by atoms with Crippen LogP contribution in [0.1, 0.15) is 130 Å². The van der Waals surface area contributed by atoms with Crippen molar-refractivity contribution < 1.29 is 0 Å². The number of rotatable bonds is 5. The Bertz CT molecular complexity index is 578. The van der Waals surface area contributed by atoms with E-state index in [1.165, 1.54) is 0 Å². The molecule has 0 spiro atoms. The van der Waals surface area contributed by atoms with Crippen LogP contribution in [0.3, 0.4) is 0 Å². The van der Waals surface area contributed by atoms with Gasteiger partial charge in [-0.25, -0.2) is 0 Å². The van der Waals surface area contributed by atoms with Crippen LogP contribution in [0.5, 0.6) is 0 Å². The molecule has 0 aromatic carbocycles. The smallest absolute Gasteiger partial charge is 0.0284 e. The summed E-state index contributed by atoms with van der Waals surface area (Å²) in [4.78, 5) is 0. The zero-order valence-electron chi connectivity index (χ0n) is 19.5. The Labute approximate surface area is 175 Å². The standard InChI is InChI=1S/C28H46/c1-23-9-21-10-24(2,15-23)18-27(13-21,17-23)7-5-6-8-28-14-22-11-25(3,19-28)16-26(4,12-22)20-28/h21-22H,5-20H2,1-4H3. The normalized spacial score (nSPS) is 61.3. The van der Waals surface area contributed by atoms with Crippen molar-refractivity contribution >= 4 is 0 Å². The maximum atomic E-state index is 2.65. The van der Waals surface area contributed by atoms with Crippen molar-refractivity contribution in [3.8, 4) is 0 Å². The molecule has 8 bridgehead atoms. The highest BCUT2D eigenvalue weighted by atomic mass is 14.7. The van der Waals surface area contributed by atoms with Gasteiger partial charge in [-0.1, -0.05) is 40.5 Å². The molecule has 8 rings (SSSR count). The maximum absolute atomic E-state index is 2.65. The lowest BCUT2D eigenvalue weighted by molar-refractivity contribution is -0.153. The van der Waals surface area contributed by atoms with Gasteiger partial charge < -0.3 is 0 Å². The van der Waals surface area contributed by atoms with Crippen LogP contribution in [0, 0.1) is 44.3 Å². The van der Waals surface area contributed by atoms with Crippen molar-refractivity contribution in [2.45, 2.75) is 130 Å². The molecular formula is C28H46. The monoisotopic (exact) mass is 382 g/mol. The van der Waals surface area contributed by atoms with Gasteiger partial charge in [0.25, 0.3) is 0 Å². The first kappa shape index (κ1) is 18.7. The van der Waals surface area contributed by atoms with Crippen molar-refractivity contribution in [2.24, 2.45) is 44.3 Å². The van der Waals surface area contributed by atoms with E-state index < -0.39 is 0 Å². The van der Waals surface area contributed by atoms with Gasteiger partial charge in [0.2, 0.25) is 0 Å². The molecule has 8 aliphatic rings. The summed E-state index contributed by atoms with van der Waals surface area (Å²) in [5.41, 5.74) is 4.33. The average Bonchev–Trinajstić information content (AvgIpc) is 2.44. The van der Waals surface area contributed by atoms with Gasteiger partial charge in [-0.15, -0.1) is 0 Å². The molecule has 0 saturated heterocycles. The highest BCUT2D eigenvalue weighted by molar-refractivity contribution is 5.11. The van der Waals surface area contributed by atoms with E-state index in [1.54, 1.807) is 103 Å². The van der Waals surface area contributed by atoms with Gasteiger partial charge in [-0.05, 0) is 134 Å². The van der Waals surface area contributed by atoms with Crippen LogP contribution >= 0.6 is 0 Å². The van der Waals surface area contributed by atoms with Crippen molar-refractivity contribution in [1.29, 1.82) is 0 Å². The third-order valence-electron chi connectivity index (χ3n) is 11.1. The van der Waals surface area contributed by atoms with Gasteiger partial charge in [0.15, 0.2) is 0 Å². The van der Waals surface area contributed by atoms with Crippen LogP contribution in [-0.4, -0.2) is 0 Å². The molecular weight excluding hydrogens is 336 g/mol. The molecule has 0 aromatic heterocycles. The van der Waals surface area contributed by atoms with Gasteiger partial charge in [-0.2, -0.15) is 0 Å². The van der Waals surface area contributed by atoms with Crippen molar-refractivity contribution in [1.82, 2.24) is 0 Å². The second-order valence-corrected chi connectivity index (χ2v) is 15.5. The Kier molecular flexibility index (Phi) is 3.63. The number of unbranched alkanes of at least 4 members (excludes halogenated alkanes) is 1. The van der Waals surface area contributed by atoms with Crippen molar-refractivity contribution in [3.63, 3.8) is 0 Å². The summed E-state index contributed by atoms with van der Waals surface area (Å²) in [6.07, 6.45) is 25.1. The Morgan fingerprint density at radius 2 is 0.786 bits per heavy atom. The van der Waals surface area contributed by atoms with E-state index in [9.17, 15) is 0 Å². The lowest BCUT2D eigenvalue weighted by Gasteiger charge is -2.66. The van der Waals surface area contributed by atoms with Crippen LogP contribution in [0.2, 0.25) is 0 Å². The lowest BCUT2D eigenvalue weighted by atomic mass is 9.39. The van der Waals surface area contributed by atoms with Gasteiger partial charge in [0.05, 0.1) is 0 Å². The molecule has 0 amide bonds. The Hall–Kier alpha value is 0. The van der Waals surface area contributed by atoms with E-state index in [0.717, 1.165) is 22.7 Å². The summed E-state index contributed by atoms with van der Waals surface area (Å²) in [6, 6.07) is 0. The topological polar surface area (TPSA) is 0 Å². The molecule has 158 valence electrons. The highest BCUT2D eigenvalue weighted by Crippen LogP contribution is 2.72. The zero-order chi connectivity index (χ0) is 19.5. The first-order valence-electron chi connectivity index (χ1n) is 13.0. The summed E-state index contributed by atoms with van der Waals surface area (Å²) in [5, 5.41) is 0. The quantitative estimate of drug-likeness (QED) is 0.418. The molecule has 0 heterocycles. The van der Waals surface area contributed by atoms with E-state index in [0.29, 0.717) is 21.7 Å². The minimum absolute atomic E-state index is 0.706. The van der Waals surface area contributed by atoms with E-state index in [-0.39, 0.29) is 0 Å². The zero-order valence-corrected chi connectivity index (χ0v) is 19.5. The molecule has 0 N–H and O–H groups in total. The lowest BCUT2D eigenvalue weighted by Crippen LogP contribution is -2.55. The fraction of sp³-hybridized carbons (Fsp3) is 1.00. The minimum Gasteiger partial charge on any atom is -0.0596 e. The fourth-order valence-electron chi connectivity index (χ4n) is 12.9. The summed E-state index contributed by atoms with van der Waals surface area (Å²) >= 11 is 0. The molecule has 8 fully saturated rings. The van der Waals surface area contributed by atoms with Crippen LogP contribution in [-0.2, 0) is 0 Å². The van der Waals surface area contributed by atoms with Gasteiger partial charge in [-0.3, -0.25) is 0 Å². The van der Waals surface area contributed by atoms with Crippen LogP contribution < -0.4 is 0 Å². The van der Waals surface area contributed by atoms with Crippen molar-refractivity contribution in [3.05, 3.63) is 0 Å². The Balaban J connectivity index is 1.10. The Morgan fingerprint density at radius 3 is 1.07 bits per heavy atom. The van der Waals surface area contributed by atoms with E-state index >= 15 is 0 Å². The second kappa shape index (κ2) is 5.43. The highest BCUT2D eigenvalue weighted by Gasteiger charge is 2.61. The maximum Gasteiger partial charge on any atom is -0.0284 e. The molecule has 4 atom stereocenters. The first-order valence-corrected chi connectivity index (χ1v) is 13.0. The van der Waals surface area contributed by atoms with Crippen LogP contribution in [0.4, 0.5) is 0 Å². The molecule has 28 heavy (non-hydrogen) atoms. The third-order valence-corrected chi connectivity index (χ3v) is 11.1. The van der Waals surface area contributed by atoms with Gasteiger partial charge in [0, 0.05) is 0 Å². The Morgan fingerprint density at radius 1 is 0.464 bits per heavy atom.